The van der Waals surface area contributed by atoms with Crippen LogP contribution in [0.1, 0.15) is 36.8 Å². The largest absolute Gasteiger partial charge is 0.385 e. The van der Waals surface area contributed by atoms with Crippen LogP contribution in [0.3, 0.4) is 0 Å². The highest BCUT2D eigenvalue weighted by Gasteiger charge is 2.46. The molecule has 0 aromatic carbocycles. The van der Waals surface area contributed by atoms with Gasteiger partial charge in [0, 0.05) is 37.7 Å². The van der Waals surface area contributed by atoms with Crippen LogP contribution in [0.5, 0.6) is 0 Å². The van der Waals surface area contributed by atoms with Gasteiger partial charge in [-0.3, -0.25) is 5.10 Å². The van der Waals surface area contributed by atoms with Gasteiger partial charge in [0.1, 0.15) is 23.7 Å². The molecule has 0 radical (unpaired) electrons. The Bertz CT molecular complexity index is 1030. The van der Waals surface area contributed by atoms with Gasteiger partial charge in [-0.2, -0.15) is 10.2 Å². The molecule has 0 saturated carbocycles. The predicted molar refractivity (Wildman–Crippen MR) is 105 cm³/mol. The molecule has 10 nitrogen and oxygen atoms in total. The topological polar surface area (TPSA) is 138 Å². The van der Waals surface area contributed by atoms with Crippen LogP contribution in [0, 0.1) is 5.41 Å². The number of aryl methyl sites for hydroxylation is 1. The normalized spacial score (nSPS) is 25.9. The van der Waals surface area contributed by atoms with E-state index in [0.29, 0.717) is 47.1 Å². The molecule has 4 N–H and O–H groups in total. The molecule has 2 fully saturated rings. The van der Waals surface area contributed by atoms with E-state index in [1.807, 2.05) is 6.07 Å². The molecular weight excluding hydrogens is 372 g/mol. The maximum Gasteiger partial charge on any atom is 0.176 e. The minimum atomic E-state index is -1.10. The molecule has 10 heteroatoms. The predicted octanol–water partition coefficient (Wildman–Crippen LogP) is 1.87. The van der Waals surface area contributed by atoms with Crippen molar-refractivity contribution in [2.45, 2.75) is 43.5 Å². The summed E-state index contributed by atoms with van der Waals surface area (Å²) < 4.78 is 7.57. The number of hydrogen-bond acceptors (Lipinski definition) is 8. The highest BCUT2D eigenvalue weighted by atomic mass is 16.5. The van der Waals surface area contributed by atoms with Crippen molar-refractivity contribution in [1.82, 2.24) is 29.9 Å². The second-order valence-electron chi connectivity index (χ2n) is 7.66. The standard InChI is InChI=1S/C19H22N8O2/c1-27-18(21-10-23-27)15-6-14(19(28)7-11-2-3-12(8-19)29-11)13(9-20)17(24-15)25-16-4-5-22-26-16/h4-6,9-12,20,28H,2-3,7-8H2,1H3,(H2,22,24,25,26)/t11-,12+,19+. The summed E-state index contributed by atoms with van der Waals surface area (Å²) in [5.74, 6) is 1.67. The van der Waals surface area contributed by atoms with Crippen molar-refractivity contribution in [2.24, 2.45) is 7.05 Å². The van der Waals surface area contributed by atoms with Crippen molar-refractivity contribution in [2.75, 3.05) is 5.32 Å². The Labute approximate surface area is 166 Å². The van der Waals surface area contributed by atoms with Crippen LogP contribution in [-0.2, 0) is 17.4 Å². The van der Waals surface area contributed by atoms with Crippen molar-refractivity contribution in [3.05, 3.63) is 35.8 Å². The minimum Gasteiger partial charge on any atom is -0.385 e. The minimum absolute atomic E-state index is 0.0350. The van der Waals surface area contributed by atoms with Crippen molar-refractivity contribution < 1.29 is 9.84 Å². The number of aromatic nitrogens is 6. The van der Waals surface area contributed by atoms with Crippen molar-refractivity contribution in [3.63, 3.8) is 0 Å². The number of hydrogen-bond donors (Lipinski definition) is 4. The Balaban J connectivity index is 1.68. The van der Waals surface area contributed by atoms with E-state index in [9.17, 15) is 5.11 Å². The average Bonchev–Trinajstić information content (AvgIpc) is 3.43. The number of anilines is 2. The fourth-order valence-corrected chi connectivity index (χ4v) is 4.41. The number of pyridine rings is 1. The van der Waals surface area contributed by atoms with Crippen LogP contribution >= 0.6 is 0 Å². The number of ether oxygens (including phenoxy) is 1. The summed E-state index contributed by atoms with van der Waals surface area (Å²) >= 11 is 0. The molecule has 2 saturated heterocycles. The summed E-state index contributed by atoms with van der Waals surface area (Å²) in [6, 6.07) is 3.60. The van der Waals surface area contributed by atoms with Gasteiger partial charge in [0.15, 0.2) is 5.82 Å². The number of nitrogens with one attached hydrogen (secondary N) is 3. The first-order valence-electron chi connectivity index (χ1n) is 9.60. The van der Waals surface area contributed by atoms with Crippen LogP contribution in [0.15, 0.2) is 24.7 Å². The van der Waals surface area contributed by atoms with Crippen molar-refractivity contribution in [3.8, 4) is 11.5 Å². The quantitative estimate of drug-likeness (QED) is 0.485. The van der Waals surface area contributed by atoms with Gasteiger partial charge >= 0.3 is 0 Å². The molecule has 2 bridgehead atoms. The zero-order valence-electron chi connectivity index (χ0n) is 16.0. The van der Waals surface area contributed by atoms with Crippen LogP contribution in [0.25, 0.3) is 11.5 Å². The van der Waals surface area contributed by atoms with E-state index in [1.165, 1.54) is 12.5 Å². The SMILES string of the molecule is Cn1ncnc1-c1cc([C@]2(O)C[C@H]3CC[C@@H](C2)O3)c(C=N)c(Nc2ccn[nH]2)n1. The number of H-pyrrole nitrogens is 1. The van der Waals surface area contributed by atoms with E-state index >= 15 is 0 Å². The van der Waals surface area contributed by atoms with Crippen molar-refractivity contribution >= 4 is 17.9 Å². The highest BCUT2D eigenvalue weighted by Crippen LogP contribution is 2.46. The molecule has 29 heavy (non-hydrogen) atoms. The summed E-state index contributed by atoms with van der Waals surface area (Å²) in [6.45, 7) is 0. The zero-order chi connectivity index (χ0) is 20.0. The Hall–Kier alpha value is -3.11. The molecule has 3 atom stereocenters. The van der Waals surface area contributed by atoms with Crippen LogP contribution in [0.2, 0.25) is 0 Å². The third-order valence-electron chi connectivity index (χ3n) is 5.72. The van der Waals surface area contributed by atoms with E-state index < -0.39 is 5.60 Å². The summed E-state index contributed by atoms with van der Waals surface area (Å²) in [4.78, 5) is 9.00. The maximum atomic E-state index is 11.7. The average molecular weight is 394 g/mol. The number of fused-ring (bicyclic) bond motifs is 2. The molecule has 2 aliphatic rings. The molecular formula is C19H22N8O2. The first kappa shape index (κ1) is 18.0. The molecule has 0 unspecified atom stereocenters. The van der Waals surface area contributed by atoms with E-state index in [0.717, 1.165) is 12.8 Å². The van der Waals surface area contributed by atoms with Gasteiger partial charge < -0.3 is 20.6 Å². The molecule has 3 aromatic heterocycles. The molecule has 2 aliphatic heterocycles. The molecule has 5 heterocycles. The lowest BCUT2D eigenvalue weighted by atomic mass is 9.81. The Morgan fingerprint density at radius 1 is 1.38 bits per heavy atom. The molecule has 0 aliphatic carbocycles. The number of aromatic amines is 1. The van der Waals surface area contributed by atoms with Gasteiger partial charge in [-0.15, -0.1) is 0 Å². The molecule has 150 valence electrons. The third-order valence-corrected chi connectivity index (χ3v) is 5.72. The Morgan fingerprint density at radius 3 is 2.79 bits per heavy atom. The maximum absolute atomic E-state index is 11.7. The van der Waals surface area contributed by atoms with Crippen LogP contribution < -0.4 is 5.32 Å². The van der Waals surface area contributed by atoms with Crippen molar-refractivity contribution in [1.29, 1.82) is 5.41 Å². The van der Waals surface area contributed by atoms with Gasteiger partial charge in [0.05, 0.1) is 24.0 Å². The fraction of sp³-hybridized carbons (Fsp3) is 0.421. The summed E-state index contributed by atoms with van der Waals surface area (Å²) in [6.07, 6.45) is 7.29. The first-order valence-corrected chi connectivity index (χ1v) is 9.60. The molecule has 5 rings (SSSR count). The van der Waals surface area contributed by atoms with Gasteiger partial charge in [0.2, 0.25) is 0 Å². The lowest BCUT2D eigenvalue weighted by molar-refractivity contribution is -0.115. The van der Waals surface area contributed by atoms with E-state index in [-0.39, 0.29) is 12.2 Å². The number of nitrogens with zero attached hydrogens (tertiary/aromatic N) is 5. The molecule has 3 aromatic rings. The lowest BCUT2D eigenvalue weighted by Crippen LogP contribution is -2.39. The number of rotatable bonds is 5. The van der Waals surface area contributed by atoms with Crippen LogP contribution in [-0.4, -0.2) is 53.5 Å². The fourth-order valence-electron chi connectivity index (χ4n) is 4.41. The molecule has 0 spiro atoms. The summed E-state index contributed by atoms with van der Waals surface area (Å²) in [7, 11) is 1.79. The Kier molecular flexibility index (Phi) is 4.18. The van der Waals surface area contributed by atoms with Gasteiger partial charge in [0.25, 0.3) is 0 Å². The first-order chi connectivity index (χ1) is 14.1. The highest BCUT2D eigenvalue weighted by molar-refractivity contribution is 5.89. The van der Waals surface area contributed by atoms with Gasteiger partial charge in [-0.1, -0.05) is 0 Å². The second-order valence-corrected chi connectivity index (χ2v) is 7.66. The van der Waals surface area contributed by atoms with Gasteiger partial charge in [-0.25, -0.2) is 14.6 Å². The van der Waals surface area contributed by atoms with E-state index in [4.69, 9.17) is 10.1 Å². The lowest BCUT2D eigenvalue weighted by Gasteiger charge is -2.38. The second kappa shape index (κ2) is 6.75. The van der Waals surface area contributed by atoms with E-state index in [1.54, 1.807) is 24.0 Å². The van der Waals surface area contributed by atoms with Crippen LogP contribution in [0.4, 0.5) is 11.6 Å². The third kappa shape index (κ3) is 3.10. The van der Waals surface area contributed by atoms with E-state index in [2.05, 4.69) is 30.6 Å². The molecule has 0 amide bonds. The van der Waals surface area contributed by atoms with Gasteiger partial charge in [-0.05, 0) is 24.5 Å². The Morgan fingerprint density at radius 2 is 2.17 bits per heavy atom. The smallest absolute Gasteiger partial charge is 0.176 e. The summed E-state index contributed by atoms with van der Waals surface area (Å²) in [5.41, 5.74) is 0.661. The zero-order valence-corrected chi connectivity index (χ0v) is 16.0. The summed E-state index contributed by atoms with van der Waals surface area (Å²) in [5, 5.41) is 33.8. The monoisotopic (exact) mass is 394 g/mol. The number of aliphatic hydroxyl groups is 1.